The number of rotatable bonds is 3. The summed E-state index contributed by atoms with van der Waals surface area (Å²) in [6, 6.07) is 11.1. The maximum absolute atomic E-state index is 12.0. The van der Waals surface area contributed by atoms with Crippen molar-refractivity contribution in [3.05, 3.63) is 57.2 Å². The van der Waals surface area contributed by atoms with Gasteiger partial charge in [0.15, 0.2) is 6.10 Å². The summed E-state index contributed by atoms with van der Waals surface area (Å²) in [6.07, 6.45) is -0.476. The molecule has 0 spiro atoms. The molecule has 0 amide bonds. The van der Waals surface area contributed by atoms with Crippen LogP contribution >= 0.6 is 22.9 Å². The van der Waals surface area contributed by atoms with Crippen molar-refractivity contribution < 1.29 is 9.53 Å². The lowest BCUT2D eigenvalue weighted by Gasteiger charge is -1.96. The molecular formula is C13H9ClO2S. The number of ketones is 1. The number of thiophene rings is 1. The Kier molecular flexibility index (Phi) is 2.74. The molecule has 0 unspecified atom stereocenters. The minimum absolute atomic E-state index is 0.0602. The van der Waals surface area contributed by atoms with Crippen molar-refractivity contribution in [1.82, 2.24) is 0 Å². The molecule has 1 saturated heterocycles. The minimum Gasteiger partial charge on any atom is -0.356 e. The van der Waals surface area contributed by atoms with Crippen molar-refractivity contribution in [3.8, 4) is 0 Å². The lowest BCUT2D eigenvalue weighted by Crippen LogP contribution is -2.05. The third kappa shape index (κ3) is 2.14. The van der Waals surface area contributed by atoms with Gasteiger partial charge in [0.2, 0.25) is 5.78 Å². The van der Waals surface area contributed by atoms with Crippen LogP contribution in [0.5, 0.6) is 0 Å². The summed E-state index contributed by atoms with van der Waals surface area (Å²) >= 11 is 7.35. The number of Topliss-reactive ketones (excluding diaryl/α,β-unsaturated/α-hetero) is 1. The Hall–Kier alpha value is -1.16. The Morgan fingerprint density at radius 1 is 1.29 bits per heavy atom. The highest BCUT2D eigenvalue weighted by Crippen LogP contribution is 2.41. The highest BCUT2D eigenvalue weighted by Gasteiger charge is 2.46. The van der Waals surface area contributed by atoms with Crippen LogP contribution in [0.25, 0.3) is 0 Å². The number of halogens is 1. The normalized spacial score (nSPS) is 22.4. The van der Waals surface area contributed by atoms with Gasteiger partial charge >= 0.3 is 0 Å². The van der Waals surface area contributed by atoms with Gasteiger partial charge in [-0.1, -0.05) is 29.8 Å². The van der Waals surface area contributed by atoms with E-state index in [1.54, 1.807) is 0 Å². The fraction of sp³-hybridized carbons (Fsp3) is 0.154. The summed E-state index contributed by atoms with van der Waals surface area (Å²) in [4.78, 5) is 12.7. The molecule has 3 rings (SSSR count). The Morgan fingerprint density at radius 2 is 2.18 bits per heavy atom. The van der Waals surface area contributed by atoms with Gasteiger partial charge in [-0.25, -0.2) is 0 Å². The maximum atomic E-state index is 12.0. The summed E-state index contributed by atoms with van der Waals surface area (Å²) in [5.41, 5.74) is 0.965. The molecule has 0 aliphatic carbocycles. The summed E-state index contributed by atoms with van der Waals surface area (Å²) in [5.74, 6) is 0.0602. The van der Waals surface area contributed by atoms with Crippen LogP contribution in [0.2, 0.25) is 5.02 Å². The summed E-state index contributed by atoms with van der Waals surface area (Å²) in [5, 5.41) is 2.56. The number of carbonyl (C=O) groups is 1. The van der Waals surface area contributed by atoms with E-state index in [0.29, 0.717) is 5.02 Å². The standard InChI is InChI=1S/C13H9ClO2S/c14-9-4-1-3-8(7-9)12-13(16-12)11(15)10-5-2-6-17-10/h1-7,12-13H/t12-,13-/m0/s1. The second-order valence-corrected chi connectivity index (χ2v) is 5.26. The first-order valence-corrected chi connectivity index (χ1v) is 6.50. The number of epoxide rings is 1. The fourth-order valence-electron chi connectivity index (χ4n) is 1.81. The van der Waals surface area contributed by atoms with E-state index < -0.39 is 0 Å². The van der Waals surface area contributed by atoms with Crippen LogP contribution in [-0.4, -0.2) is 11.9 Å². The van der Waals surface area contributed by atoms with E-state index in [4.69, 9.17) is 16.3 Å². The highest BCUT2D eigenvalue weighted by atomic mass is 35.5. The number of hydrogen-bond donors (Lipinski definition) is 0. The molecular weight excluding hydrogens is 256 g/mol. The fourth-order valence-corrected chi connectivity index (χ4v) is 2.70. The van der Waals surface area contributed by atoms with Crippen LogP contribution < -0.4 is 0 Å². The van der Waals surface area contributed by atoms with Crippen LogP contribution in [0.3, 0.4) is 0 Å². The van der Waals surface area contributed by atoms with Gasteiger partial charge in [0.1, 0.15) is 6.10 Å². The van der Waals surface area contributed by atoms with Crippen molar-refractivity contribution >= 4 is 28.7 Å². The average Bonchev–Trinajstić information content (AvgIpc) is 2.94. The van der Waals surface area contributed by atoms with E-state index in [-0.39, 0.29) is 18.0 Å². The van der Waals surface area contributed by atoms with Crippen LogP contribution in [0, 0.1) is 0 Å². The molecule has 0 saturated carbocycles. The number of benzene rings is 1. The molecule has 0 bridgehead atoms. The zero-order valence-electron chi connectivity index (χ0n) is 8.80. The lowest BCUT2D eigenvalue weighted by atomic mass is 10.1. The molecule has 86 valence electrons. The molecule has 0 radical (unpaired) electrons. The Balaban J connectivity index is 1.77. The van der Waals surface area contributed by atoms with E-state index in [1.165, 1.54) is 11.3 Å². The van der Waals surface area contributed by atoms with Gasteiger partial charge in [-0.05, 0) is 29.1 Å². The van der Waals surface area contributed by atoms with E-state index >= 15 is 0 Å². The smallest absolute Gasteiger partial charge is 0.204 e. The summed E-state index contributed by atoms with van der Waals surface area (Å²) < 4.78 is 5.44. The molecule has 2 atom stereocenters. The maximum Gasteiger partial charge on any atom is 0.204 e. The van der Waals surface area contributed by atoms with Crippen molar-refractivity contribution in [3.63, 3.8) is 0 Å². The lowest BCUT2D eigenvalue weighted by molar-refractivity contribution is 0.0957. The van der Waals surface area contributed by atoms with Gasteiger partial charge in [-0.15, -0.1) is 11.3 Å². The van der Waals surface area contributed by atoms with Crippen LogP contribution in [0.1, 0.15) is 21.3 Å². The zero-order chi connectivity index (χ0) is 11.8. The van der Waals surface area contributed by atoms with E-state index in [2.05, 4.69) is 0 Å². The SMILES string of the molecule is O=C(c1cccs1)[C@@H]1O[C@H]1c1cccc(Cl)c1. The first-order chi connectivity index (χ1) is 8.25. The molecule has 1 aromatic carbocycles. The Labute approximate surface area is 108 Å². The Bertz CT molecular complexity index is 550. The molecule has 1 aliphatic heterocycles. The second-order valence-electron chi connectivity index (χ2n) is 3.87. The molecule has 1 fully saturated rings. The van der Waals surface area contributed by atoms with Crippen molar-refractivity contribution in [1.29, 1.82) is 0 Å². The molecule has 1 aromatic heterocycles. The topological polar surface area (TPSA) is 29.6 Å². The number of ether oxygens (including phenoxy) is 1. The molecule has 17 heavy (non-hydrogen) atoms. The van der Waals surface area contributed by atoms with E-state index in [1.807, 2.05) is 41.8 Å². The average molecular weight is 265 g/mol. The van der Waals surface area contributed by atoms with Gasteiger partial charge < -0.3 is 4.74 Å². The van der Waals surface area contributed by atoms with Gasteiger partial charge in [0.05, 0.1) is 4.88 Å². The van der Waals surface area contributed by atoms with Crippen molar-refractivity contribution in [2.24, 2.45) is 0 Å². The van der Waals surface area contributed by atoms with E-state index in [0.717, 1.165) is 10.4 Å². The summed E-state index contributed by atoms with van der Waals surface area (Å²) in [6.45, 7) is 0. The Morgan fingerprint density at radius 3 is 2.88 bits per heavy atom. The van der Waals surface area contributed by atoms with Gasteiger partial charge in [-0.3, -0.25) is 4.79 Å². The first kappa shape index (κ1) is 11.0. The molecule has 2 heterocycles. The highest BCUT2D eigenvalue weighted by molar-refractivity contribution is 7.12. The quantitative estimate of drug-likeness (QED) is 0.625. The largest absolute Gasteiger partial charge is 0.356 e. The van der Waals surface area contributed by atoms with Crippen LogP contribution in [0.4, 0.5) is 0 Å². The van der Waals surface area contributed by atoms with Crippen LogP contribution in [0.15, 0.2) is 41.8 Å². The predicted octanol–water partition coefficient (Wildman–Crippen LogP) is 3.72. The van der Waals surface area contributed by atoms with Gasteiger partial charge in [0.25, 0.3) is 0 Å². The molecule has 0 N–H and O–H groups in total. The molecule has 4 heteroatoms. The van der Waals surface area contributed by atoms with Crippen LogP contribution in [-0.2, 0) is 4.74 Å². The number of hydrogen-bond acceptors (Lipinski definition) is 3. The molecule has 2 aromatic rings. The first-order valence-electron chi connectivity index (χ1n) is 5.24. The summed E-state index contributed by atoms with van der Waals surface area (Å²) in [7, 11) is 0. The van der Waals surface area contributed by atoms with Crippen molar-refractivity contribution in [2.45, 2.75) is 12.2 Å². The monoisotopic (exact) mass is 264 g/mol. The second kappa shape index (κ2) is 4.26. The number of carbonyl (C=O) groups excluding carboxylic acids is 1. The minimum atomic E-state index is -0.341. The third-order valence-electron chi connectivity index (χ3n) is 2.69. The predicted molar refractivity (Wildman–Crippen MR) is 67.7 cm³/mol. The van der Waals surface area contributed by atoms with Gasteiger partial charge in [0, 0.05) is 5.02 Å². The van der Waals surface area contributed by atoms with Crippen molar-refractivity contribution in [2.75, 3.05) is 0 Å². The van der Waals surface area contributed by atoms with E-state index in [9.17, 15) is 4.79 Å². The zero-order valence-corrected chi connectivity index (χ0v) is 10.4. The van der Waals surface area contributed by atoms with Gasteiger partial charge in [-0.2, -0.15) is 0 Å². The molecule has 2 nitrogen and oxygen atoms in total. The molecule has 1 aliphatic rings. The third-order valence-corrected chi connectivity index (χ3v) is 3.81.